The van der Waals surface area contributed by atoms with Crippen molar-refractivity contribution in [2.45, 2.75) is 18.4 Å². The van der Waals surface area contributed by atoms with Crippen LogP contribution < -0.4 is 10.2 Å². The van der Waals surface area contributed by atoms with Crippen LogP contribution in [-0.4, -0.2) is 12.1 Å². The lowest BCUT2D eigenvalue weighted by Gasteiger charge is -2.18. The highest BCUT2D eigenvalue weighted by atomic mass is 79.9. The standard InChI is InChI=1S/C30H25BrN2O2/c31-26-16-17-28(35-21-22-10-4-1-5-11-22)23(18-26)20-32-33-29(34)27-19-30(27,24-12-6-2-7-13-24)25-14-8-3-9-15-25/h1-18,20,27H,19,21H2,(H,33,34)/b32-20-/t27-/m1/s1. The molecule has 1 amide bonds. The molecule has 1 atom stereocenters. The number of hydrazone groups is 1. The van der Waals surface area contributed by atoms with Crippen LogP contribution >= 0.6 is 15.9 Å². The Hall–Kier alpha value is -3.70. The number of hydrogen-bond acceptors (Lipinski definition) is 3. The predicted octanol–water partition coefficient (Wildman–Crippen LogP) is 6.48. The van der Waals surface area contributed by atoms with Crippen molar-refractivity contribution in [3.63, 3.8) is 0 Å². The van der Waals surface area contributed by atoms with Crippen molar-refractivity contribution in [2.75, 3.05) is 0 Å². The van der Waals surface area contributed by atoms with Crippen molar-refractivity contribution < 1.29 is 9.53 Å². The molecule has 1 fully saturated rings. The van der Waals surface area contributed by atoms with E-state index in [1.165, 1.54) is 0 Å². The van der Waals surface area contributed by atoms with Gasteiger partial charge in [0, 0.05) is 15.5 Å². The molecule has 5 rings (SSSR count). The van der Waals surface area contributed by atoms with Crippen molar-refractivity contribution in [3.05, 3.63) is 136 Å². The van der Waals surface area contributed by atoms with E-state index in [0.29, 0.717) is 12.4 Å². The molecule has 4 aromatic rings. The first-order chi connectivity index (χ1) is 17.2. The lowest BCUT2D eigenvalue weighted by molar-refractivity contribution is -0.122. The van der Waals surface area contributed by atoms with Crippen LogP contribution in [0.2, 0.25) is 0 Å². The Morgan fingerprint density at radius 2 is 1.51 bits per heavy atom. The molecule has 4 aromatic carbocycles. The quantitative estimate of drug-likeness (QED) is 0.211. The molecular weight excluding hydrogens is 500 g/mol. The zero-order valence-electron chi connectivity index (χ0n) is 19.1. The summed E-state index contributed by atoms with van der Waals surface area (Å²) in [7, 11) is 0. The number of carbonyl (C=O) groups is 1. The van der Waals surface area contributed by atoms with Gasteiger partial charge in [0.2, 0.25) is 5.91 Å². The monoisotopic (exact) mass is 524 g/mol. The summed E-state index contributed by atoms with van der Waals surface area (Å²) < 4.78 is 6.93. The fourth-order valence-electron chi connectivity index (χ4n) is 4.59. The van der Waals surface area contributed by atoms with Crippen LogP contribution in [0.5, 0.6) is 5.75 Å². The minimum atomic E-state index is -0.318. The number of ether oxygens (including phenoxy) is 1. The van der Waals surface area contributed by atoms with Gasteiger partial charge in [-0.15, -0.1) is 0 Å². The van der Waals surface area contributed by atoms with Crippen molar-refractivity contribution in [1.29, 1.82) is 0 Å². The number of hydrogen-bond donors (Lipinski definition) is 1. The Kier molecular flexibility index (Phi) is 6.77. The van der Waals surface area contributed by atoms with Gasteiger partial charge >= 0.3 is 0 Å². The molecule has 1 N–H and O–H groups in total. The van der Waals surface area contributed by atoms with Crippen molar-refractivity contribution >= 4 is 28.1 Å². The average Bonchev–Trinajstić information content (AvgIpc) is 3.67. The average molecular weight is 525 g/mol. The number of amides is 1. The molecule has 0 radical (unpaired) electrons. The van der Waals surface area contributed by atoms with E-state index in [4.69, 9.17) is 4.74 Å². The van der Waals surface area contributed by atoms with E-state index in [-0.39, 0.29) is 17.2 Å². The molecule has 174 valence electrons. The van der Waals surface area contributed by atoms with E-state index in [1.807, 2.05) is 84.9 Å². The second-order valence-electron chi connectivity index (χ2n) is 8.65. The van der Waals surface area contributed by atoms with Gasteiger partial charge in [0.15, 0.2) is 0 Å². The van der Waals surface area contributed by atoms with Gasteiger partial charge in [-0.3, -0.25) is 4.79 Å². The van der Waals surface area contributed by atoms with E-state index in [9.17, 15) is 4.79 Å². The van der Waals surface area contributed by atoms with Crippen molar-refractivity contribution in [3.8, 4) is 5.75 Å². The van der Waals surface area contributed by atoms with Crippen molar-refractivity contribution in [2.24, 2.45) is 11.0 Å². The van der Waals surface area contributed by atoms with Gasteiger partial charge in [-0.2, -0.15) is 5.10 Å². The van der Waals surface area contributed by atoms with E-state index < -0.39 is 0 Å². The molecule has 0 saturated heterocycles. The molecule has 1 aliphatic carbocycles. The van der Waals surface area contributed by atoms with Gasteiger partial charge in [-0.1, -0.05) is 107 Å². The first kappa shape index (κ1) is 23.1. The molecule has 0 bridgehead atoms. The van der Waals surface area contributed by atoms with Crippen LogP contribution in [0.3, 0.4) is 0 Å². The SMILES string of the molecule is O=C(N/N=C\c1cc(Br)ccc1OCc1ccccc1)[C@H]1CC1(c1ccccc1)c1ccccc1. The third-order valence-corrected chi connectivity index (χ3v) is 6.94. The van der Waals surface area contributed by atoms with Gasteiger partial charge < -0.3 is 4.74 Å². The second kappa shape index (κ2) is 10.3. The number of carbonyl (C=O) groups excluding carboxylic acids is 1. The molecule has 4 nitrogen and oxygen atoms in total. The fraction of sp³-hybridized carbons (Fsp3) is 0.133. The van der Waals surface area contributed by atoms with Crippen LogP contribution in [0.25, 0.3) is 0 Å². The summed E-state index contributed by atoms with van der Waals surface area (Å²) in [6.07, 6.45) is 2.39. The summed E-state index contributed by atoms with van der Waals surface area (Å²) in [6.45, 7) is 0.453. The largest absolute Gasteiger partial charge is 0.488 e. The molecule has 35 heavy (non-hydrogen) atoms. The number of nitrogens with one attached hydrogen (secondary N) is 1. The highest BCUT2D eigenvalue weighted by Gasteiger charge is 2.60. The fourth-order valence-corrected chi connectivity index (χ4v) is 4.96. The van der Waals surface area contributed by atoms with Gasteiger partial charge in [-0.25, -0.2) is 5.43 Å². The van der Waals surface area contributed by atoms with Gasteiger partial charge in [0.25, 0.3) is 0 Å². The number of rotatable bonds is 8. The summed E-state index contributed by atoms with van der Waals surface area (Å²) in [5.41, 5.74) is 6.62. The highest BCUT2D eigenvalue weighted by molar-refractivity contribution is 9.10. The molecule has 1 aliphatic rings. The Morgan fingerprint density at radius 3 is 2.14 bits per heavy atom. The Morgan fingerprint density at radius 1 is 0.914 bits per heavy atom. The summed E-state index contributed by atoms with van der Waals surface area (Å²) in [5, 5.41) is 4.29. The van der Waals surface area contributed by atoms with Crippen LogP contribution in [0.15, 0.2) is 119 Å². The summed E-state index contributed by atoms with van der Waals surface area (Å²) in [6, 6.07) is 36.2. The lowest BCUT2D eigenvalue weighted by Crippen LogP contribution is -2.25. The highest BCUT2D eigenvalue weighted by Crippen LogP contribution is 2.58. The van der Waals surface area contributed by atoms with Crippen LogP contribution in [-0.2, 0) is 16.8 Å². The maximum atomic E-state index is 13.2. The lowest BCUT2D eigenvalue weighted by atomic mass is 9.85. The van der Waals surface area contributed by atoms with Gasteiger partial charge in [0.05, 0.1) is 12.1 Å². The molecule has 0 spiro atoms. The number of benzene rings is 4. The Balaban J connectivity index is 1.30. The van der Waals surface area contributed by atoms with Crippen molar-refractivity contribution in [1.82, 2.24) is 5.43 Å². The molecule has 1 saturated carbocycles. The second-order valence-corrected chi connectivity index (χ2v) is 9.57. The van der Waals surface area contributed by atoms with E-state index >= 15 is 0 Å². The molecule has 5 heteroatoms. The van der Waals surface area contributed by atoms with Crippen LogP contribution in [0, 0.1) is 5.92 Å². The van der Waals surface area contributed by atoms with E-state index in [1.54, 1.807) is 6.21 Å². The topological polar surface area (TPSA) is 50.7 Å². The maximum absolute atomic E-state index is 13.2. The molecular formula is C30H25BrN2O2. The van der Waals surface area contributed by atoms with Crippen LogP contribution in [0.4, 0.5) is 0 Å². The molecule has 0 aliphatic heterocycles. The third kappa shape index (κ3) is 5.05. The number of halogens is 1. The Labute approximate surface area is 213 Å². The Bertz CT molecular complexity index is 1290. The molecule has 0 aromatic heterocycles. The first-order valence-electron chi connectivity index (χ1n) is 11.6. The minimum absolute atomic E-state index is 0.0873. The normalized spacial score (nSPS) is 16.1. The molecule has 0 heterocycles. The summed E-state index contributed by atoms with van der Waals surface area (Å²) >= 11 is 3.51. The van der Waals surface area contributed by atoms with E-state index in [2.05, 4.69) is 50.7 Å². The maximum Gasteiger partial charge on any atom is 0.244 e. The summed E-state index contributed by atoms with van der Waals surface area (Å²) in [5.74, 6) is 0.431. The predicted molar refractivity (Wildman–Crippen MR) is 142 cm³/mol. The molecule has 0 unspecified atom stereocenters. The number of nitrogens with zero attached hydrogens (tertiary/aromatic N) is 1. The smallest absolute Gasteiger partial charge is 0.244 e. The third-order valence-electron chi connectivity index (χ3n) is 6.44. The zero-order valence-corrected chi connectivity index (χ0v) is 20.7. The van der Waals surface area contributed by atoms with E-state index in [0.717, 1.165) is 33.1 Å². The zero-order chi connectivity index (χ0) is 24.1. The van der Waals surface area contributed by atoms with Gasteiger partial charge in [-0.05, 0) is 41.3 Å². The minimum Gasteiger partial charge on any atom is -0.488 e. The summed E-state index contributed by atoms with van der Waals surface area (Å²) in [4.78, 5) is 13.2. The van der Waals surface area contributed by atoms with Gasteiger partial charge in [0.1, 0.15) is 12.4 Å². The van der Waals surface area contributed by atoms with Crippen LogP contribution in [0.1, 0.15) is 28.7 Å². The first-order valence-corrected chi connectivity index (χ1v) is 12.4.